The largest absolute Gasteiger partial charge is 0.464 e. The van der Waals surface area contributed by atoms with E-state index in [2.05, 4.69) is 25.3 Å². The zero-order chi connectivity index (χ0) is 14.4. The van der Waals surface area contributed by atoms with Gasteiger partial charge in [0.25, 0.3) is 0 Å². The first-order chi connectivity index (χ1) is 9.72. The van der Waals surface area contributed by atoms with Crippen LogP contribution in [0.1, 0.15) is 12.5 Å². The number of rotatable bonds is 6. The van der Waals surface area contributed by atoms with Crippen molar-refractivity contribution in [2.75, 3.05) is 30.9 Å². The highest BCUT2D eigenvalue weighted by Crippen LogP contribution is 2.15. The average molecular weight is 274 g/mol. The number of ether oxygens (including phenoxy) is 1. The molecule has 2 rings (SSSR count). The summed E-state index contributed by atoms with van der Waals surface area (Å²) in [6.45, 7) is 3.06. The normalized spacial score (nSPS) is 10.2. The van der Waals surface area contributed by atoms with E-state index in [0.717, 1.165) is 5.56 Å². The van der Waals surface area contributed by atoms with E-state index in [0.29, 0.717) is 31.1 Å². The number of hydrogen-bond acceptors (Lipinski definition) is 7. The molecule has 0 aliphatic rings. The van der Waals surface area contributed by atoms with Crippen LogP contribution in [0.2, 0.25) is 0 Å². The van der Waals surface area contributed by atoms with Gasteiger partial charge in [0.2, 0.25) is 11.9 Å². The molecular formula is C13H18N6O. The molecule has 2 aromatic heterocycles. The minimum absolute atomic E-state index is 0.319. The van der Waals surface area contributed by atoms with Crippen LogP contribution >= 0.6 is 0 Å². The summed E-state index contributed by atoms with van der Waals surface area (Å²) in [6, 6.07) is 4.23. The number of nitrogens with one attached hydrogen (secondary N) is 1. The Balaban J connectivity index is 2.19. The van der Waals surface area contributed by atoms with Crippen LogP contribution in [0, 0.1) is 0 Å². The molecule has 1 N–H and O–H groups in total. The van der Waals surface area contributed by atoms with Crippen molar-refractivity contribution >= 4 is 11.9 Å². The van der Waals surface area contributed by atoms with Crippen LogP contribution in [-0.2, 0) is 6.54 Å². The van der Waals surface area contributed by atoms with Gasteiger partial charge in [-0.1, -0.05) is 6.07 Å². The molecule has 0 saturated carbocycles. The lowest BCUT2D eigenvalue weighted by atomic mass is 10.3. The van der Waals surface area contributed by atoms with Gasteiger partial charge in [-0.25, -0.2) is 0 Å². The summed E-state index contributed by atoms with van der Waals surface area (Å²) in [4.78, 5) is 18.8. The zero-order valence-electron chi connectivity index (χ0n) is 11.9. The van der Waals surface area contributed by atoms with Gasteiger partial charge in [0.15, 0.2) is 0 Å². The topological polar surface area (TPSA) is 76.1 Å². The van der Waals surface area contributed by atoms with Gasteiger partial charge in [-0.15, -0.1) is 0 Å². The van der Waals surface area contributed by atoms with Crippen molar-refractivity contribution in [2.24, 2.45) is 0 Å². The van der Waals surface area contributed by atoms with Gasteiger partial charge in [-0.2, -0.15) is 15.0 Å². The van der Waals surface area contributed by atoms with Gasteiger partial charge >= 0.3 is 6.01 Å². The van der Waals surface area contributed by atoms with Gasteiger partial charge in [-0.05, 0) is 18.6 Å². The highest BCUT2D eigenvalue weighted by atomic mass is 16.5. The van der Waals surface area contributed by atoms with Crippen LogP contribution in [0.4, 0.5) is 11.9 Å². The molecule has 7 nitrogen and oxygen atoms in total. The molecule has 0 unspecified atom stereocenters. The van der Waals surface area contributed by atoms with Crippen molar-refractivity contribution in [3.05, 3.63) is 30.1 Å². The number of nitrogens with zero attached hydrogens (tertiary/aromatic N) is 5. The molecular weight excluding hydrogens is 256 g/mol. The Morgan fingerprint density at radius 2 is 2.15 bits per heavy atom. The monoisotopic (exact) mass is 274 g/mol. The molecule has 0 bridgehead atoms. The van der Waals surface area contributed by atoms with Crippen LogP contribution in [0.3, 0.4) is 0 Å². The van der Waals surface area contributed by atoms with Crippen molar-refractivity contribution in [3.63, 3.8) is 0 Å². The first-order valence-electron chi connectivity index (χ1n) is 6.39. The van der Waals surface area contributed by atoms with E-state index in [4.69, 9.17) is 4.74 Å². The molecule has 0 aromatic carbocycles. The van der Waals surface area contributed by atoms with E-state index in [1.165, 1.54) is 0 Å². The molecule has 0 aliphatic carbocycles. The Bertz CT molecular complexity index is 548. The summed E-state index contributed by atoms with van der Waals surface area (Å²) >= 11 is 0. The average Bonchev–Trinajstić information content (AvgIpc) is 2.48. The molecule has 0 atom stereocenters. The summed E-state index contributed by atoms with van der Waals surface area (Å²) in [7, 11) is 3.67. The maximum absolute atomic E-state index is 5.35. The summed E-state index contributed by atoms with van der Waals surface area (Å²) in [5, 5.41) is 2.90. The number of hydrogen-bond donors (Lipinski definition) is 1. The summed E-state index contributed by atoms with van der Waals surface area (Å²) < 4.78 is 5.35. The first kappa shape index (κ1) is 14.0. The lowest BCUT2D eigenvalue weighted by Gasteiger charge is -2.17. The van der Waals surface area contributed by atoms with Crippen LogP contribution < -0.4 is 15.0 Å². The van der Waals surface area contributed by atoms with Crippen molar-refractivity contribution < 1.29 is 4.74 Å². The zero-order valence-corrected chi connectivity index (χ0v) is 11.9. The molecule has 0 spiro atoms. The number of pyridine rings is 1. The Morgan fingerprint density at radius 3 is 2.80 bits per heavy atom. The maximum Gasteiger partial charge on any atom is 0.323 e. The second-order valence-electron chi connectivity index (χ2n) is 4.14. The maximum atomic E-state index is 5.35. The molecule has 20 heavy (non-hydrogen) atoms. The fraction of sp³-hybridized carbons (Fsp3) is 0.385. The van der Waals surface area contributed by atoms with E-state index >= 15 is 0 Å². The number of anilines is 2. The lowest BCUT2D eigenvalue weighted by molar-refractivity contribution is 0.312. The third kappa shape index (κ3) is 3.53. The van der Waals surface area contributed by atoms with E-state index in [1.54, 1.807) is 13.2 Å². The predicted octanol–water partition coefficient (Wildman–Crippen LogP) is 1.34. The predicted molar refractivity (Wildman–Crippen MR) is 76.9 cm³/mol. The highest BCUT2D eigenvalue weighted by Gasteiger charge is 2.11. The minimum atomic E-state index is 0.319. The summed E-state index contributed by atoms with van der Waals surface area (Å²) in [6.07, 6.45) is 3.57. The standard InChI is InChI=1S/C13H18N6O/c1-4-20-13-17-11(14-2)16-12(18-13)19(3)9-10-6-5-7-15-8-10/h5-8H,4,9H2,1-3H3,(H,14,16,17,18). The highest BCUT2D eigenvalue weighted by molar-refractivity contribution is 5.38. The Hall–Kier alpha value is -2.44. The van der Waals surface area contributed by atoms with Gasteiger partial charge in [0.05, 0.1) is 6.61 Å². The Labute approximate surface area is 118 Å². The quantitative estimate of drug-likeness (QED) is 0.851. The van der Waals surface area contributed by atoms with Crippen LogP contribution in [0.15, 0.2) is 24.5 Å². The summed E-state index contributed by atoms with van der Waals surface area (Å²) in [5.41, 5.74) is 1.08. The van der Waals surface area contributed by atoms with Crippen molar-refractivity contribution in [3.8, 4) is 6.01 Å². The van der Waals surface area contributed by atoms with Crippen LogP contribution in [0.5, 0.6) is 6.01 Å². The van der Waals surface area contributed by atoms with Crippen LogP contribution in [0.25, 0.3) is 0 Å². The molecule has 7 heteroatoms. The fourth-order valence-corrected chi connectivity index (χ4v) is 1.66. The van der Waals surface area contributed by atoms with E-state index < -0.39 is 0 Å². The Morgan fingerprint density at radius 1 is 1.30 bits per heavy atom. The van der Waals surface area contributed by atoms with E-state index in [1.807, 2.05) is 37.2 Å². The molecule has 106 valence electrons. The fourth-order valence-electron chi connectivity index (χ4n) is 1.66. The third-order valence-corrected chi connectivity index (χ3v) is 2.58. The lowest BCUT2D eigenvalue weighted by Crippen LogP contribution is -2.20. The number of aromatic nitrogens is 4. The second-order valence-corrected chi connectivity index (χ2v) is 4.14. The van der Waals surface area contributed by atoms with Gasteiger partial charge in [0, 0.05) is 33.0 Å². The van der Waals surface area contributed by atoms with Crippen molar-refractivity contribution in [1.82, 2.24) is 19.9 Å². The van der Waals surface area contributed by atoms with Gasteiger partial charge in [0.1, 0.15) is 0 Å². The molecule has 0 aliphatic heterocycles. The van der Waals surface area contributed by atoms with Crippen molar-refractivity contribution in [2.45, 2.75) is 13.5 Å². The third-order valence-electron chi connectivity index (χ3n) is 2.58. The molecule has 2 heterocycles. The minimum Gasteiger partial charge on any atom is -0.464 e. The molecule has 2 aromatic rings. The molecule has 0 radical (unpaired) electrons. The molecule has 0 saturated heterocycles. The van der Waals surface area contributed by atoms with E-state index in [-0.39, 0.29) is 0 Å². The Kier molecular flexibility index (Phi) is 4.65. The van der Waals surface area contributed by atoms with E-state index in [9.17, 15) is 0 Å². The van der Waals surface area contributed by atoms with Gasteiger partial charge in [-0.3, -0.25) is 4.98 Å². The first-order valence-corrected chi connectivity index (χ1v) is 6.39. The smallest absolute Gasteiger partial charge is 0.323 e. The van der Waals surface area contributed by atoms with Crippen molar-refractivity contribution in [1.29, 1.82) is 0 Å². The van der Waals surface area contributed by atoms with Gasteiger partial charge < -0.3 is 15.0 Å². The summed E-state index contributed by atoms with van der Waals surface area (Å²) in [5.74, 6) is 1.04. The van der Waals surface area contributed by atoms with Crippen LogP contribution in [-0.4, -0.2) is 40.6 Å². The molecule has 0 fully saturated rings. The second kappa shape index (κ2) is 6.65. The molecule has 0 amide bonds. The SMILES string of the molecule is CCOc1nc(NC)nc(N(C)Cc2cccnc2)n1.